The van der Waals surface area contributed by atoms with E-state index >= 15 is 0 Å². The van der Waals surface area contributed by atoms with Crippen molar-refractivity contribution in [2.45, 2.75) is 33.6 Å². The summed E-state index contributed by atoms with van der Waals surface area (Å²) < 4.78 is 5.09. The number of rotatable bonds is 4. The highest BCUT2D eigenvalue weighted by Gasteiger charge is 2.14. The molecule has 1 aromatic heterocycles. The van der Waals surface area contributed by atoms with Crippen LogP contribution in [0.15, 0.2) is 10.9 Å². The molecule has 1 heterocycles. The molecule has 100 valence electrons. The van der Waals surface area contributed by atoms with Crippen molar-refractivity contribution in [2.75, 3.05) is 13.1 Å². The highest BCUT2D eigenvalue weighted by Crippen LogP contribution is 2.11. The molecular weight excluding hydrogens is 234 g/mol. The van der Waals surface area contributed by atoms with Gasteiger partial charge in [-0.15, -0.1) is 0 Å². The van der Waals surface area contributed by atoms with E-state index in [0.29, 0.717) is 18.9 Å². The van der Waals surface area contributed by atoms with Gasteiger partial charge in [-0.3, -0.25) is 4.79 Å². The first-order chi connectivity index (χ1) is 8.47. The third kappa shape index (κ3) is 3.58. The van der Waals surface area contributed by atoms with Crippen molar-refractivity contribution < 1.29 is 9.53 Å². The predicted molar refractivity (Wildman–Crippen MR) is 67.9 cm³/mol. The molecule has 0 radical (unpaired) electrons. The van der Waals surface area contributed by atoms with E-state index in [1.165, 1.54) is 11.0 Å². The molecule has 0 spiro atoms. The molecule has 0 unspecified atom stereocenters. The summed E-state index contributed by atoms with van der Waals surface area (Å²) in [6, 6.07) is 1.17. The van der Waals surface area contributed by atoms with Gasteiger partial charge in [0.2, 0.25) is 5.88 Å². The van der Waals surface area contributed by atoms with Gasteiger partial charge >= 0.3 is 6.09 Å². The summed E-state index contributed by atoms with van der Waals surface area (Å²) in [5.74, 6) is 0.606. The molecule has 0 aliphatic rings. The van der Waals surface area contributed by atoms with Crippen LogP contribution in [0.2, 0.25) is 0 Å². The van der Waals surface area contributed by atoms with Crippen molar-refractivity contribution in [1.82, 2.24) is 14.9 Å². The lowest BCUT2D eigenvalue weighted by molar-refractivity contribution is 0.155. The van der Waals surface area contributed by atoms with Crippen LogP contribution in [-0.4, -0.2) is 34.1 Å². The molecule has 1 aromatic rings. The summed E-state index contributed by atoms with van der Waals surface area (Å²) in [5, 5.41) is 0. The molecule has 0 saturated heterocycles. The van der Waals surface area contributed by atoms with Gasteiger partial charge in [0.05, 0.1) is 6.07 Å². The molecule has 0 aliphatic carbocycles. The number of aromatic nitrogens is 2. The van der Waals surface area contributed by atoms with E-state index in [1.54, 1.807) is 0 Å². The summed E-state index contributed by atoms with van der Waals surface area (Å²) >= 11 is 0. The third-order valence-electron chi connectivity index (χ3n) is 2.50. The van der Waals surface area contributed by atoms with Crippen LogP contribution in [0.1, 0.15) is 39.4 Å². The van der Waals surface area contributed by atoms with Gasteiger partial charge in [-0.2, -0.15) is 4.98 Å². The van der Waals surface area contributed by atoms with Gasteiger partial charge in [0.25, 0.3) is 5.56 Å². The molecule has 6 nitrogen and oxygen atoms in total. The Morgan fingerprint density at radius 3 is 2.56 bits per heavy atom. The fourth-order valence-electron chi connectivity index (χ4n) is 1.41. The summed E-state index contributed by atoms with van der Waals surface area (Å²) in [5.41, 5.74) is -0.323. The van der Waals surface area contributed by atoms with Gasteiger partial charge in [0.15, 0.2) is 0 Å². The van der Waals surface area contributed by atoms with E-state index in [0.717, 1.165) is 0 Å². The molecule has 18 heavy (non-hydrogen) atoms. The average Bonchev–Trinajstić information content (AvgIpc) is 2.29. The van der Waals surface area contributed by atoms with Gasteiger partial charge in [-0.1, -0.05) is 13.8 Å². The number of hydrogen-bond donors (Lipinski definition) is 1. The Labute approximate surface area is 106 Å². The lowest BCUT2D eigenvalue weighted by Gasteiger charge is -2.17. The fourth-order valence-corrected chi connectivity index (χ4v) is 1.41. The van der Waals surface area contributed by atoms with Crippen LogP contribution in [0, 0.1) is 0 Å². The topological polar surface area (TPSA) is 75.3 Å². The number of nitrogens with one attached hydrogen (secondary N) is 1. The van der Waals surface area contributed by atoms with Crippen molar-refractivity contribution in [3.8, 4) is 5.88 Å². The number of amides is 1. The number of carbonyl (C=O) groups is 1. The van der Waals surface area contributed by atoms with Crippen LogP contribution in [0.3, 0.4) is 0 Å². The van der Waals surface area contributed by atoms with Gasteiger partial charge in [-0.25, -0.2) is 4.79 Å². The maximum Gasteiger partial charge on any atom is 0.416 e. The zero-order chi connectivity index (χ0) is 13.7. The number of hydrogen-bond acceptors (Lipinski definition) is 4. The van der Waals surface area contributed by atoms with Crippen molar-refractivity contribution in [2.24, 2.45) is 0 Å². The van der Waals surface area contributed by atoms with Crippen molar-refractivity contribution >= 4 is 6.09 Å². The van der Waals surface area contributed by atoms with Gasteiger partial charge in [0, 0.05) is 19.0 Å². The first-order valence-electron chi connectivity index (χ1n) is 6.05. The van der Waals surface area contributed by atoms with Crippen molar-refractivity contribution in [3.05, 3.63) is 22.2 Å². The first-order valence-corrected chi connectivity index (χ1v) is 6.05. The summed E-state index contributed by atoms with van der Waals surface area (Å²) in [7, 11) is 0. The molecule has 0 bridgehead atoms. The lowest BCUT2D eigenvalue weighted by Crippen LogP contribution is -2.33. The molecule has 0 saturated carbocycles. The van der Waals surface area contributed by atoms with Crippen LogP contribution in [-0.2, 0) is 0 Å². The van der Waals surface area contributed by atoms with Crippen LogP contribution < -0.4 is 10.3 Å². The number of carbonyl (C=O) groups excluding carboxylic acids is 1. The Hall–Kier alpha value is -1.85. The van der Waals surface area contributed by atoms with Gasteiger partial charge in [-0.05, 0) is 13.8 Å². The summed E-state index contributed by atoms with van der Waals surface area (Å²) in [4.78, 5) is 31.3. The monoisotopic (exact) mass is 253 g/mol. The summed E-state index contributed by atoms with van der Waals surface area (Å²) in [6.07, 6.45) is -0.493. The SMILES string of the molecule is CCN(CC)C(=O)Oc1cc(=O)[nH]c(C(C)C)n1. The van der Waals surface area contributed by atoms with Crippen LogP contribution in [0.25, 0.3) is 0 Å². The Morgan fingerprint density at radius 2 is 2.06 bits per heavy atom. The molecular formula is C12H19N3O3. The minimum atomic E-state index is -0.493. The van der Waals surface area contributed by atoms with Gasteiger partial charge < -0.3 is 14.6 Å². The highest BCUT2D eigenvalue weighted by molar-refractivity contribution is 5.70. The number of nitrogens with zero attached hydrogens (tertiary/aromatic N) is 2. The summed E-state index contributed by atoms with van der Waals surface area (Å²) in [6.45, 7) is 8.61. The second-order valence-corrected chi connectivity index (χ2v) is 4.16. The van der Waals surface area contributed by atoms with Gasteiger partial charge in [0.1, 0.15) is 5.82 Å². The molecule has 1 amide bonds. The lowest BCUT2D eigenvalue weighted by atomic mass is 10.2. The molecule has 6 heteroatoms. The predicted octanol–water partition coefficient (Wildman–Crippen LogP) is 1.73. The first kappa shape index (κ1) is 14.2. The van der Waals surface area contributed by atoms with Crippen molar-refractivity contribution in [1.29, 1.82) is 0 Å². The minimum absolute atomic E-state index is 0.0411. The van der Waals surface area contributed by atoms with Crippen LogP contribution >= 0.6 is 0 Å². The molecule has 1 N–H and O–H groups in total. The van der Waals surface area contributed by atoms with Crippen LogP contribution in [0.4, 0.5) is 4.79 Å². The Kier molecular flexibility index (Phi) is 4.88. The molecule has 0 atom stereocenters. The zero-order valence-electron chi connectivity index (χ0n) is 11.2. The van der Waals surface area contributed by atoms with E-state index < -0.39 is 6.09 Å². The maximum atomic E-state index is 11.7. The van der Waals surface area contributed by atoms with Crippen molar-refractivity contribution in [3.63, 3.8) is 0 Å². The smallest absolute Gasteiger partial charge is 0.391 e. The Balaban J connectivity index is 2.91. The quantitative estimate of drug-likeness (QED) is 0.886. The highest BCUT2D eigenvalue weighted by atomic mass is 16.6. The minimum Gasteiger partial charge on any atom is -0.391 e. The third-order valence-corrected chi connectivity index (χ3v) is 2.50. The standard InChI is InChI=1S/C12H19N3O3/c1-5-15(6-2)12(17)18-10-7-9(16)13-11(14-10)8(3)4/h7-8H,5-6H2,1-4H3,(H,13,14,16). The average molecular weight is 253 g/mol. The maximum absolute atomic E-state index is 11.7. The second-order valence-electron chi connectivity index (χ2n) is 4.16. The van der Waals surface area contributed by atoms with E-state index in [9.17, 15) is 9.59 Å². The van der Waals surface area contributed by atoms with E-state index in [2.05, 4.69) is 9.97 Å². The molecule has 0 aromatic carbocycles. The molecule has 0 fully saturated rings. The Bertz CT molecular complexity index is 464. The zero-order valence-corrected chi connectivity index (χ0v) is 11.2. The molecule has 0 aliphatic heterocycles. The normalized spacial score (nSPS) is 10.5. The molecule has 1 rings (SSSR count). The largest absolute Gasteiger partial charge is 0.416 e. The Morgan fingerprint density at radius 1 is 1.44 bits per heavy atom. The number of aromatic amines is 1. The number of H-pyrrole nitrogens is 1. The van der Waals surface area contributed by atoms with Crippen LogP contribution in [0.5, 0.6) is 5.88 Å². The van der Waals surface area contributed by atoms with E-state index in [1.807, 2.05) is 27.7 Å². The second kappa shape index (κ2) is 6.18. The number of ether oxygens (including phenoxy) is 1. The fraction of sp³-hybridized carbons (Fsp3) is 0.583. The van der Waals surface area contributed by atoms with E-state index in [-0.39, 0.29) is 17.4 Å². The van der Waals surface area contributed by atoms with E-state index in [4.69, 9.17) is 4.74 Å².